The Bertz CT molecular complexity index is 891. The molecule has 0 saturated heterocycles. The molecule has 0 aliphatic heterocycles. The van der Waals surface area contributed by atoms with Crippen molar-refractivity contribution in [2.75, 3.05) is 6.61 Å². The first-order chi connectivity index (χ1) is 11.6. The Morgan fingerprint density at radius 1 is 1.33 bits per heavy atom. The van der Waals surface area contributed by atoms with Crippen LogP contribution in [0.3, 0.4) is 0 Å². The fourth-order valence-corrected chi connectivity index (χ4v) is 2.68. The van der Waals surface area contributed by atoms with E-state index in [0.29, 0.717) is 35.2 Å². The molecule has 6 nitrogen and oxygen atoms in total. The molecule has 0 spiro atoms. The molecule has 0 N–H and O–H groups in total. The van der Waals surface area contributed by atoms with Crippen LogP contribution in [0.5, 0.6) is 0 Å². The minimum absolute atomic E-state index is 0.313. The number of carbonyl (C=O) groups excluding carboxylic acids is 1. The van der Waals surface area contributed by atoms with E-state index in [4.69, 9.17) is 16.3 Å². The molecule has 1 aromatic carbocycles. The van der Waals surface area contributed by atoms with Gasteiger partial charge < -0.3 is 4.74 Å². The van der Waals surface area contributed by atoms with E-state index in [1.54, 1.807) is 23.6 Å². The smallest absolute Gasteiger partial charge is 0.341 e. The van der Waals surface area contributed by atoms with Gasteiger partial charge in [0.2, 0.25) is 0 Å². The molecule has 24 heavy (non-hydrogen) atoms. The molecule has 2 heterocycles. The first-order valence-corrected chi connectivity index (χ1v) is 8.19. The van der Waals surface area contributed by atoms with Gasteiger partial charge in [0.15, 0.2) is 5.82 Å². The summed E-state index contributed by atoms with van der Waals surface area (Å²) >= 11 is 6.04. The summed E-state index contributed by atoms with van der Waals surface area (Å²) in [5.41, 5.74) is 1.98. The minimum Gasteiger partial charge on any atom is -0.462 e. The van der Waals surface area contributed by atoms with Crippen molar-refractivity contribution in [3.63, 3.8) is 0 Å². The molecule has 0 amide bonds. The summed E-state index contributed by atoms with van der Waals surface area (Å²) in [4.78, 5) is 20.9. The predicted molar refractivity (Wildman–Crippen MR) is 91.2 cm³/mol. The number of aromatic nitrogens is 4. The number of hydrogen-bond acceptors (Lipinski definition) is 5. The number of nitrogens with zero attached hydrogens (tertiary/aromatic N) is 4. The van der Waals surface area contributed by atoms with Crippen LogP contribution in [0.2, 0.25) is 5.02 Å². The van der Waals surface area contributed by atoms with Gasteiger partial charge in [-0.3, -0.25) is 0 Å². The van der Waals surface area contributed by atoms with Crippen LogP contribution in [-0.2, 0) is 11.2 Å². The summed E-state index contributed by atoms with van der Waals surface area (Å²) < 4.78 is 6.73. The highest BCUT2D eigenvalue weighted by Crippen LogP contribution is 2.21. The van der Waals surface area contributed by atoms with Crippen molar-refractivity contribution in [1.29, 1.82) is 0 Å². The highest BCUT2D eigenvalue weighted by Gasteiger charge is 2.19. The number of aryl methyl sites for hydroxylation is 1. The number of ether oxygens (including phenoxy) is 1. The molecule has 3 rings (SSSR count). The Morgan fingerprint density at radius 3 is 2.88 bits per heavy atom. The van der Waals surface area contributed by atoms with Crippen molar-refractivity contribution >= 4 is 23.3 Å². The number of esters is 1. The Labute approximate surface area is 144 Å². The van der Waals surface area contributed by atoms with E-state index in [1.807, 2.05) is 19.1 Å². The number of fused-ring (bicyclic) bond motifs is 1. The van der Waals surface area contributed by atoms with Crippen molar-refractivity contribution in [1.82, 2.24) is 19.6 Å². The van der Waals surface area contributed by atoms with Crippen LogP contribution in [0, 0.1) is 0 Å². The Hall–Kier alpha value is -2.47. The zero-order valence-electron chi connectivity index (χ0n) is 13.5. The number of benzene rings is 1. The molecule has 0 unspecified atom stereocenters. The van der Waals surface area contributed by atoms with E-state index < -0.39 is 5.97 Å². The van der Waals surface area contributed by atoms with Gasteiger partial charge in [0.25, 0.3) is 5.78 Å². The van der Waals surface area contributed by atoms with Gasteiger partial charge in [-0.2, -0.15) is 9.50 Å². The zero-order chi connectivity index (χ0) is 17.1. The maximum atomic E-state index is 12.2. The van der Waals surface area contributed by atoms with Gasteiger partial charge in [-0.15, -0.1) is 5.10 Å². The summed E-state index contributed by atoms with van der Waals surface area (Å²) in [5.74, 6) is 0.569. The van der Waals surface area contributed by atoms with Crippen LogP contribution in [0.25, 0.3) is 17.2 Å². The molecule has 0 atom stereocenters. The van der Waals surface area contributed by atoms with Gasteiger partial charge in [0.1, 0.15) is 0 Å². The summed E-state index contributed by atoms with van der Waals surface area (Å²) in [6, 6.07) is 7.31. The lowest BCUT2D eigenvalue weighted by Gasteiger charge is -2.08. The normalized spacial score (nSPS) is 11.0. The Balaban J connectivity index is 2.14. The van der Waals surface area contributed by atoms with E-state index in [2.05, 4.69) is 15.1 Å². The maximum Gasteiger partial charge on any atom is 0.341 e. The number of halogens is 1. The molecular weight excluding hydrogens is 328 g/mol. The van der Waals surface area contributed by atoms with Crippen LogP contribution in [0.4, 0.5) is 0 Å². The van der Waals surface area contributed by atoms with E-state index in [-0.39, 0.29) is 0 Å². The van der Waals surface area contributed by atoms with Crippen molar-refractivity contribution < 1.29 is 9.53 Å². The summed E-state index contributed by atoms with van der Waals surface area (Å²) in [7, 11) is 0. The number of hydrogen-bond donors (Lipinski definition) is 0. The molecule has 0 bridgehead atoms. The van der Waals surface area contributed by atoms with E-state index in [0.717, 1.165) is 17.7 Å². The average molecular weight is 345 g/mol. The van der Waals surface area contributed by atoms with Crippen molar-refractivity contribution in [3.8, 4) is 11.4 Å². The second-order valence-corrected chi connectivity index (χ2v) is 5.68. The van der Waals surface area contributed by atoms with Gasteiger partial charge in [-0.25, -0.2) is 9.78 Å². The largest absolute Gasteiger partial charge is 0.462 e. The predicted octanol–water partition coefficient (Wildman–Crippen LogP) is 3.57. The second-order valence-electron chi connectivity index (χ2n) is 5.25. The molecule has 3 aromatic rings. The molecule has 7 heteroatoms. The lowest BCUT2D eigenvalue weighted by molar-refractivity contribution is 0.0523. The van der Waals surface area contributed by atoms with E-state index >= 15 is 0 Å². The van der Waals surface area contributed by atoms with Crippen molar-refractivity contribution in [2.24, 2.45) is 0 Å². The summed E-state index contributed by atoms with van der Waals surface area (Å²) in [6.07, 6.45) is 3.04. The highest BCUT2D eigenvalue weighted by molar-refractivity contribution is 6.30. The molecule has 2 aromatic heterocycles. The third-order valence-corrected chi connectivity index (χ3v) is 3.77. The second kappa shape index (κ2) is 6.97. The molecular formula is C17H17ClN4O2. The Kier molecular flexibility index (Phi) is 4.76. The topological polar surface area (TPSA) is 69.4 Å². The van der Waals surface area contributed by atoms with Crippen LogP contribution in [0.15, 0.2) is 30.5 Å². The third kappa shape index (κ3) is 3.10. The minimum atomic E-state index is -0.393. The van der Waals surface area contributed by atoms with Crippen molar-refractivity contribution in [2.45, 2.75) is 26.7 Å². The maximum absolute atomic E-state index is 12.2. The number of carbonyl (C=O) groups is 1. The van der Waals surface area contributed by atoms with Gasteiger partial charge in [0.05, 0.1) is 17.9 Å². The third-order valence-electron chi connectivity index (χ3n) is 3.53. The molecule has 0 radical (unpaired) electrons. The van der Waals surface area contributed by atoms with E-state index in [1.165, 1.54) is 6.20 Å². The summed E-state index contributed by atoms with van der Waals surface area (Å²) in [6.45, 7) is 4.12. The first kappa shape index (κ1) is 16.4. The fraction of sp³-hybridized carbons (Fsp3) is 0.294. The molecule has 0 saturated carbocycles. The monoisotopic (exact) mass is 344 g/mol. The lowest BCUT2D eigenvalue weighted by Crippen LogP contribution is -2.13. The standard InChI is InChI=1S/C17H17ClN4O2/c1-3-6-14-13(16(23)24-4-2)10-19-17-20-15(21-22(14)17)11-7-5-8-12(18)9-11/h5,7-10H,3-4,6H2,1-2H3. The quantitative estimate of drug-likeness (QED) is 0.662. The average Bonchev–Trinajstić information content (AvgIpc) is 3.00. The SMILES string of the molecule is CCCc1c(C(=O)OCC)cnc2nc(-c3cccc(Cl)c3)nn12. The molecule has 0 aliphatic rings. The van der Waals surface area contributed by atoms with Gasteiger partial charge in [-0.05, 0) is 25.5 Å². The van der Waals surface area contributed by atoms with Crippen LogP contribution in [0.1, 0.15) is 36.3 Å². The molecule has 0 fully saturated rings. The fourth-order valence-electron chi connectivity index (χ4n) is 2.49. The first-order valence-electron chi connectivity index (χ1n) is 7.81. The van der Waals surface area contributed by atoms with Crippen LogP contribution < -0.4 is 0 Å². The molecule has 0 aliphatic carbocycles. The highest BCUT2D eigenvalue weighted by atomic mass is 35.5. The van der Waals surface area contributed by atoms with Gasteiger partial charge in [-0.1, -0.05) is 37.1 Å². The van der Waals surface area contributed by atoms with Crippen LogP contribution >= 0.6 is 11.6 Å². The van der Waals surface area contributed by atoms with Crippen molar-refractivity contribution in [3.05, 3.63) is 46.7 Å². The number of rotatable bonds is 5. The zero-order valence-corrected chi connectivity index (χ0v) is 14.2. The van der Waals surface area contributed by atoms with Gasteiger partial charge >= 0.3 is 5.97 Å². The van der Waals surface area contributed by atoms with Gasteiger partial charge in [0, 0.05) is 16.8 Å². The van der Waals surface area contributed by atoms with Crippen LogP contribution in [-0.4, -0.2) is 32.2 Å². The van der Waals surface area contributed by atoms with E-state index in [9.17, 15) is 4.79 Å². The molecule has 124 valence electrons. The lowest BCUT2D eigenvalue weighted by atomic mass is 10.1. The summed E-state index contributed by atoms with van der Waals surface area (Å²) in [5, 5.41) is 5.13. The Morgan fingerprint density at radius 2 is 2.17 bits per heavy atom.